The van der Waals surface area contributed by atoms with Gasteiger partial charge in [0.1, 0.15) is 5.76 Å². The van der Waals surface area contributed by atoms with Gasteiger partial charge in [-0.25, -0.2) is 0 Å². The maximum absolute atomic E-state index is 10.1. The Hall–Kier alpha value is -1.54. The molecule has 0 amide bonds. The lowest BCUT2D eigenvalue weighted by Gasteiger charge is -2.10. The van der Waals surface area contributed by atoms with Gasteiger partial charge < -0.3 is 9.52 Å². The summed E-state index contributed by atoms with van der Waals surface area (Å²) in [6.07, 6.45) is 1.76. The van der Waals surface area contributed by atoms with E-state index in [2.05, 4.69) is 32.0 Å². The van der Waals surface area contributed by atoms with Crippen LogP contribution in [-0.4, -0.2) is 5.11 Å². The zero-order valence-corrected chi connectivity index (χ0v) is 10.5. The van der Waals surface area contributed by atoms with Crippen molar-refractivity contribution < 1.29 is 9.52 Å². The Morgan fingerprint density at radius 1 is 1.06 bits per heavy atom. The van der Waals surface area contributed by atoms with E-state index in [0.717, 1.165) is 16.9 Å². The molecule has 1 aromatic carbocycles. The quantitative estimate of drug-likeness (QED) is 0.875. The number of aliphatic hydroxyl groups is 1. The maximum Gasteiger partial charge on any atom is 0.101 e. The molecule has 0 aliphatic carbocycles. The third kappa shape index (κ3) is 2.98. The van der Waals surface area contributed by atoms with Crippen molar-refractivity contribution in [3.63, 3.8) is 0 Å². The SMILES string of the molecule is Cc1cc(C)cc(CC(O)c2coc(C)c2)c1. The second-order valence-electron chi connectivity index (χ2n) is 4.71. The fourth-order valence-electron chi connectivity index (χ4n) is 2.17. The second-order valence-corrected chi connectivity index (χ2v) is 4.71. The first-order chi connectivity index (χ1) is 8.04. The Bertz CT molecular complexity index is 491. The van der Waals surface area contributed by atoms with Gasteiger partial charge in [0.2, 0.25) is 0 Å². The first-order valence-electron chi connectivity index (χ1n) is 5.85. The van der Waals surface area contributed by atoms with E-state index in [1.54, 1.807) is 6.26 Å². The third-order valence-corrected chi connectivity index (χ3v) is 2.85. The smallest absolute Gasteiger partial charge is 0.101 e. The van der Waals surface area contributed by atoms with Crippen LogP contribution in [0.4, 0.5) is 0 Å². The number of hydrogen-bond acceptors (Lipinski definition) is 2. The van der Waals surface area contributed by atoms with E-state index in [0.29, 0.717) is 6.42 Å². The highest BCUT2D eigenvalue weighted by molar-refractivity contribution is 5.30. The molecule has 1 unspecified atom stereocenters. The Kier molecular flexibility index (Phi) is 3.34. The van der Waals surface area contributed by atoms with Crippen molar-refractivity contribution in [1.82, 2.24) is 0 Å². The van der Waals surface area contributed by atoms with E-state index in [4.69, 9.17) is 4.42 Å². The molecule has 2 rings (SSSR count). The minimum Gasteiger partial charge on any atom is -0.469 e. The molecule has 1 atom stereocenters. The molecule has 90 valence electrons. The molecule has 0 saturated carbocycles. The Labute approximate surface area is 102 Å². The molecule has 1 N–H and O–H groups in total. The number of aliphatic hydroxyl groups excluding tert-OH is 1. The second kappa shape index (κ2) is 4.76. The summed E-state index contributed by atoms with van der Waals surface area (Å²) >= 11 is 0. The van der Waals surface area contributed by atoms with Gasteiger partial charge in [-0.3, -0.25) is 0 Å². The number of furan rings is 1. The van der Waals surface area contributed by atoms with Crippen LogP contribution in [-0.2, 0) is 6.42 Å². The highest BCUT2D eigenvalue weighted by Gasteiger charge is 2.11. The van der Waals surface area contributed by atoms with Crippen LogP contribution in [0.25, 0.3) is 0 Å². The lowest BCUT2D eigenvalue weighted by Crippen LogP contribution is -2.01. The van der Waals surface area contributed by atoms with E-state index in [1.807, 2.05) is 13.0 Å². The standard InChI is InChI=1S/C15H18O2/c1-10-4-11(2)6-13(5-10)8-15(16)14-7-12(3)17-9-14/h4-7,9,15-16H,8H2,1-3H3. The molecule has 2 nitrogen and oxygen atoms in total. The van der Waals surface area contributed by atoms with Crippen LogP contribution in [0, 0.1) is 20.8 Å². The van der Waals surface area contributed by atoms with Gasteiger partial charge in [0.05, 0.1) is 12.4 Å². The molecule has 0 saturated heterocycles. The van der Waals surface area contributed by atoms with Crippen LogP contribution < -0.4 is 0 Å². The first kappa shape index (κ1) is 11.9. The van der Waals surface area contributed by atoms with E-state index in [1.165, 1.54) is 11.1 Å². The summed E-state index contributed by atoms with van der Waals surface area (Å²) in [5, 5.41) is 10.1. The summed E-state index contributed by atoms with van der Waals surface area (Å²) < 4.78 is 5.21. The maximum atomic E-state index is 10.1. The molecule has 1 aromatic heterocycles. The van der Waals surface area contributed by atoms with E-state index < -0.39 is 6.10 Å². The van der Waals surface area contributed by atoms with Crippen molar-refractivity contribution in [1.29, 1.82) is 0 Å². The van der Waals surface area contributed by atoms with E-state index in [-0.39, 0.29) is 0 Å². The first-order valence-corrected chi connectivity index (χ1v) is 5.85. The molecule has 0 fully saturated rings. The van der Waals surface area contributed by atoms with Gasteiger partial charge in [-0.05, 0) is 32.4 Å². The summed E-state index contributed by atoms with van der Waals surface area (Å²) in [4.78, 5) is 0. The van der Waals surface area contributed by atoms with Crippen LogP contribution in [0.5, 0.6) is 0 Å². The van der Waals surface area contributed by atoms with Gasteiger partial charge in [-0.1, -0.05) is 29.3 Å². The lowest BCUT2D eigenvalue weighted by molar-refractivity contribution is 0.177. The van der Waals surface area contributed by atoms with Gasteiger partial charge >= 0.3 is 0 Å². The predicted octanol–water partition coefficient (Wildman–Crippen LogP) is 3.48. The Balaban J connectivity index is 2.15. The minimum atomic E-state index is -0.492. The molecule has 0 aliphatic heterocycles. The van der Waals surface area contributed by atoms with Crippen molar-refractivity contribution in [2.75, 3.05) is 0 Å². The molecule has 2 heteroatoms. The van der Waals surface area contributed by atoms with E-state index in [9.17, 15) is 5.11 Å². The predicted molar refractivity (Wildman–Crippen MR) is 68.0 cm³/mol. The van der Waals surface area contributed by atoms with Crippen LogP contribution in [0.1, 0.15) is 34.1 Å². The molecule has 17 heavy (non-hydrogen) atoms. The van der Waals surface area contributed by atoms with Gasteiger partial charge in [-0.15, -0.1) is 0 Å². The highest BCUT2D eigenvalue weighted by atomic mass is 16.3. The molecule has 0 spiro atoms. The summed E-state index contributed by atoms with van der Waals surface area (Å²) in [6.45, 7) is 6.03. The summed E-state index contributed by atoms with van der Waals surface area (Å²) in [5.74, 6) is 0.833. The zero-order valence-electron chi connectivity index (χ0n) is 10.5. The van der Waals surface area contributed by atoms with Gasteiger partial charge in [0, 0.05) is 12.0 Å². The molecule has 0 aliphatic rings. The normalized spacial score (nSPS) is 12.7. The van der Waals surface area contributed by atoms with Crippen LogP contribution in [0.3, 0.4) is 0 Å². The average Bonchev–Trinajstić information content (AvgIpc) is 2.63. The largest absolute Gasteiger partial charge is 0.469 e. The highest BCUT2D eigenvalue weighted by Crippen LogP contribution is 2.21. The Morgan fingerprint density at radius 3 is 2.24 bits per heavy atom. The Morgan fingerprint density at radius 2 is 1.71 bits per heavy atom. The van der Waals surface area contributed by atoms with Crippen molar-refractivity contribution >= 4 is 0 Å². The number of benzene rings is 1. The molecular formula is C15H18O2. The van der Waals surface area contributed by atoms with Crippen molar-refractivity contribution in [2.45, 2.75) is 33.3 Å². The number of rotatable bonds is 3. The fourth-order valence-corrected chi connectivity index (χ4v) is 2.17. The molecule has 2 aromatic rings. The van der Waals surface area contributed by atoms with Crippen LogP contribution in [0.2, 0.25) is 0 Å². The molecule has 0 radical (unpaired) electrons. The van der Waals surface area contributed by atoms with Gasteiger partial charge in [0.15, 0.2) is 0 Å². The summed E-state index contributed by atoms with van der Waals surface area (Å²) in [7, 11) is 0. The van der Waals surface area contributed by atoms with Gasteiger partial charge in [0.25, 0.3) is 0 Å². The van der Waals surface area contributed by atoms with Crippen molar-refractivity contribution in [3.8, 4) is 0 Å². The molecule has 1 heterocycles. The van der Waals surface area contributed by atoms with Crippen LogP contribution in [0.15, 0.2) is 34.9 Å². The van der Waals surface area contributed by atoms with E-state index >= 15 is 0 Å². The van der Waals surface area contributed by atoms with Crippen molar-refractivity contribution in [3.05, 3.63) is 58.5 Å². The summed E-state index contributed by atoms with van der Waals surface area (Å²) in [6, 6.07) is 8.25. The van der Waals surface area contributed by atoms with Crippen molar-refractivity contribution in [2.24, 2.45) is 0 Å². The molecule has 0 bridgehead atoms. The fraction of sp³-hybridized carbons (Fsp3) is 0.333. The monoisotopic (exact) mass is 230 g/mol. The third-order valence-electron chi connectivity index (χ3n) is 2.85. The van der Waals surface area contributed by atoms with Gasteiger partial charge in [-0.2, -0.15) is 0 Å². The zero-order chi connectivity index (χ0) is 12.4. The topological polar surface area (TPSA) is 33.4 Å². The average molecular weight is 230 g/mol. The lowest BCUT2D eigenvalue weighted by atomic mass is 10.00. The number of hydrogen-bond donors (Lipinski definition) is 1. The molecular weight excluding hydrogens is 212 g/mol. The summed E-state index contributed by atoms with van der Waals surface area (Å²) in [5.41, 5.74) is 4.47. The number of aryl methyl sites for hydroxylation is 3. The van der Waals surface area contributed by atoms with Crippen LogP contribution >= 0.6 is 0 Å². The minimum absolute atomic E-state index is 0.492.